The monoisotopic (exact) mass is 408 g/mol. The van der Waals surface area contributed by atoms with Crippen LogP contribution in [-0.2, 0) is 14.2 Å². The molecule has 2 heterocycles. The van der Waals surface area contributed by atoms with Crippen LogP contribution in [0, 0.1) is 0 Å². The number of hydrogen-bond acceptors (Lipinski definition) is 9. The summed E-state index contributed by atoms with van der Waals surface area (Å²) in [6, 6.07) is 0.417. The molecular formula is C18H20N2O9. The Morgan fingerprint density at radius 1 is 1.07 bits per heavy atom. The number of amides is 2. The molecule has 2 amide bonds. The lowest BCUT2D eigenvalue weighted by atomic mass is 9.95. The van der Waals surface area contributed by atoms with Crippen LogP contribution in [0.4, 0.5) is 9.59 Å². The molecule has 1 N–H and O–H groups in total. The summed E-state index contributed by atoms with van der Waals surface area (Å²) in [4.78, 5) is 38.8. The Morgan fingerprint density at radius 2 is 1.72 bits per heavy atom. The number of hydrazine groups is 1. The van der Waals surface area contributed by atoms with Crippen LogP contribution in [0.3, 0.4) is 0 Å². The molecule has 0 unspecified atom stereocenters. The zero-order valence-electron chi connectivity index (χ0n) is 16.4. The zero-order valence-corrected chi connectivity index (χ0v) is 16.4. The van der Waals surface area contributed by atoms with E-state index in [9.17, 15) is 19.5 Å². The van der Waals surface area contributed by atoms with Crippen molar-refractivity contribution in [3.8, 4) is 17.2 Å². The van der Waals surface area contributed by atoms with Crippen molar-refractivity contribution in [2.75, 3.05) is 35.5 Å². The average molecular weight is 408 g/mol. The molecule has 0 aromatic heterocycles. The van der Waals surface area contributed by atoms with Gasteiger partial charge in [0, 0.05) is 7.11 Å². The standard InChI is InChI=1S/C18H20N2O9/c1-25-11-8-9-10-6-7-18(29-5,15(22)12(9)13(21)14(11)26-2)20(17(24)28-4)19(10)16(23)27-3/h6-8,10,21H,1-5H3/t10-,18-/m1/s1. The third kappa shape index (κ3) is 2.58. The number of ketones is 1. The van der Waals surface area contributed by atoms with E-state index in [1.54, 1.807) is 0 Å². The first-order chi connectivity index (χ1) is 13.8. The number of nitrogens with zero attached hydrogens (tertiary/aromatic N) is 2. The van der Waals surface area contributed by atoms with E-state index < -0.39 is 35.5 Å². The number of carbonyl (C=O) groups is 3. The normalized spacial score (nSPS) is 22.1. The van der Waals surface area contributed by atoms with Gasteiger partial charge in [0.2, 0.25) is 17.3 Å². The minimum Gasteiger partial charge on any atom is -0.504 e. The van der Waals surface area contributed by atoms with Gasteiger partial charge >= 0.3 is 12.2 Å². The van der Waals surface area contributed by atoms with Gasteiger partial charge in [-0.15, -0.1) is 0 Å². The van der Waals surface area contributed by atoms with Crippen LogP contribution < -0.4 is 9.47 Å². The topological polar surface area (TPSA) is 124 Å². The highest BCUT2D eigenvalue weighted by molar-refractivity contribution is 6.10. The molecule has 0 radical (unpaired) electrons. The van der Waals surface area contributed by atoms with Crippen LogP contribution in [0.2, 0.25) is 0 Å². The molecule has 11 nitrogen and oxygen atoms in total. The summed E-state index contributed by atoms with van der Waals surface area (Å²) < 4.78 is 25.4. The first-order valence-electron chi connectivity index (χ1n) is 8.35. The average Bonchev–Trinajstić information content (AvgIpc) is 2.92. The predicted molar refractivity (Wildman–Crippen MR) is 95.7 cm³/mol. The van der Waals surface area contributed by atoms with Crippen molar-refractivity contribution in [3.63, 3.8) is 0 Å². The van der Waals surface area contributed by atoms with Gasteiger partial charge in [-0.05, 0) is 17.7 Å². The Kier molecular flexibility index (Phi) is 5.01. The maximum Gasteiger partial charge on any atom is 0.432 e. The second-order valence-electron chi connectivity index (χ2n) is 6.05. The minimum atomic E-state index is -2.11. The summed E-state index contributed by atoms with van der Waals surface area (Å²) in [5.74, 6) is -1.29. The number of fused-ring (bicyclic) bond motifs is 1. The minimum absolute atomic E-state index is 0.0820. The van der Waals surface area contributed by atoms with Crippen LogP contribution in [0.25, 0.3) is 0 Å². The molecular weight excluding hydrogens is 388 g/mol. The fourth-order valence-corrected chi connectivity index (χ4v) is 3.56. The summed E-state index contributed by atoms with van der Waals surface area (Å²) in [6.45, 7) is 0. The molecule has 29 heavy (non-hydrogen) atoms. The van der Waals surface area contributed by atoms with E-state index in [4.69, 9.17) is 23.7 Å². The summed E-state index contributed by atoms with van der Waals surface area (Å²) in [6.07, 6.45) is 0.788. The number of ether oxygens (including phenoxy) is 5. The Bertz CT molecular complexity index is 913. The Balaban J connectivity index is 2.42. The summed E-state index contributed by atoms with van der Waals surface area (Å²) >= 11 is 0. The summed E-state index contributed by atoms with van der Waals surface area (Å²) in [7, 11) is 6.03. The SMILES string of the molecule is COC(=O)N1[C@@H]2C=C[C@@](OC)(C(=O)c3c2cc(OC)c(OC)c3O)N1C(=O)OC. The maximum atomic E-state index is 13.6. The van der Waals surface area contributed by atoms with Crippen LogP contribution in [0.15, 0.2) is 18.2 Å². The highest BCUT2D eigenvalue weighted by atomic mass is 16.6. The molecule has 156 valence electrons. The van der Waals surface area contributed by atoms with E-state index in [0.29, 0.717) is 5.01 Å². The molecule has 2 atom stereocenters. The van der Waals surface area contributed by atoms with Crippen LogP contribution in [0.1, 0.15) is 22.0 Å². The van der Waals surface area contributed by atoms with Gasteiger partial charge in [0.1, 0.15) is 6.04 Å². The molecule has 0 saturated heterocycles. The smallest absolute Gasteiger partial charge is 0.432 e. The van der Waals surface area contributed by atoms with Gasteiger partial charge < -0.3 is 28.8 Å². The number of phenols is 1. The van der Waals surface area contributed by atoms with Crippen molar-refractivity contribution in [1.29, 1.82) is 0 Å². The van der Waals surface area contributed by atoms with E-state index >= 15 is 0 Å². The molecule has 2 aliphatic heterocycles. The van der Waals surface area contributed by atoms with Gasteiger partial charge in [-0.3, -0.25) is 4.79 Å². The molecule has 1 aromatic rings. The number of hydrogen-bond donors (Lipinski definition) is 1. The van der Waals surface area contributed by atoms with Crippen LogP contribution in [-0.4, -0.2) is 74.4 Å². The lowest BCUT2D eigenvalue weighted by Gasteiger charge is -2.45. The molecule has 1 aromatic carbocycles. The molecule has 0 saturated carbocycles. The zero-order chi connectivity index (χ0) is 21.5. The molecule has 11 heteroatoms. The second-order valence-corrected chi connectivity index (χ2v) is 6.05. The number of aromatic hydroxyl groups is 1. The number of Topliss-reactive ketones (excluding diaryl/α,β-unsaturated/α-hetero) is 1. The van der Waals surface area contributed by atoms with E-state index in [-0.39, 0.29) is 22.6 Å². The Labute approximate surface area is 165 Å². The molecule has 0 fully saturated rings. The number of phenolic OH excluding ortho intramolecular Hbond substituents is 1. The first-order valence-corrected chi connectivity index (χ1v) is 8.35. The molecule has 2 bridgehead atoms. The van der Waals surface area contributed by atoms with E-state index in [1.807, 2.05) is 0 Å². The van der Waals surface area contributed by atoms with Crippen molar-refractivity contribution in [1.82, 2.24) is 10.0 Å². The van der Waals surface area contributed by atoms with Crippen molar-refractivity contribution < 1.29 is 43.2 Å². The van der Waals surface area contributed by atoms with E-state index in [2.05, 4.69) is 0 Å². The van der Waals surface area contributed by atoms with Gasteiger partial charge in [0.05, 0.1) is 34.0 Å². The van der Waals surface area contributed by atoms with Crippen molar-refractivity contribution in [2.24, 2.45) is 0 Å². The number of rotatable bonds is 3. The Morgan fingerprint density at radius 3 is 2.24 bits per heavy atom. The van der Waals surface area contributed by atoms with Gasteiger partial charge in [-0.1, -0.05) is 6.08 Å². The quantitative estimate of drug-likeness (QED) is 0.743. The van der Waals surface area contributed by atoms with Gasteiger partial charge in [-0.2, -0.15) is 10.0 Å². The summed E-state index contributed by atoms with van der Waals surface area (Å²) in [5.41, 5.74) is -2.13. The van der Waals surface area contributed by atoms with E-state index in [0.717, 1.165) is 19.2 Å². The van der Waals surface area contributed by atoms with Gasteiger partial charge in [0.25, 0.3) is 0 Å². The molecule has 1 aliphatic carbocycles. The largest absolute Gasteiger partial charge is 0.504 e. The number of methoxy groups -OCH3 is 5. The van der Waals surface area contributed by atoms with Crippen molar-refractivity contribution in [3.05, 3.63) is 29.3 Å². The maximum absolute atomic E-state index is 13.6. The highest BCUT2D eigenvalue weighted by Crippen LogP contribution is 2.51. The Hall–Kier alpha value is -3.47. The highest BCUT2D eigenvalue weighted by Gasteiger charge is 2.59. The fourth-order valence-electron chi connectivity index (χ4n) is 3.56. The van der Waals surface area contributed by atoms with Gasteiger partial charge in [-0.25, -0.2) is 9.59 Å². The van der Waals surface area contributed by atoms with Crippen molar-refractivity contribution >= 4 is 18.0 Å². The van der Waals surface area contributed by atoms with Gasteiger partial charge in [0.15, 0.2) is 11.5 Å². The lowest BCUT2D eigenvalue weighted by Crippen LogP contribution is -2.65. The molecule has 0 spiro atoms. The first kappa shape index (κ1) is 20.3. The lowest BCUT2D eigenvalue weighted by molar-refractivity contribution is -0.155. The third-order valence-corrected chi connectivity index (χ3v) is 4.86. The van der Waals surface area contributed by atoms with Crippen molar-refractivity contribution in [2.45, 2.75) is 11.8 Å². The predicted octanol–water partition coefficient (Wildman–Crippen LogP) is 1.61. The van der Waals surface area contributed by atoms with Crippen LogP contribution in [0.5, 0.6) is 17.2 Å². The van der Waals surface area contributed by atoms with E-state index in [1.165, 1.54) is 39.5 Å². The van der Waals surface area contributed by atoms with Crippen LogP contribution >= 0.6 is 0 Å². The summed E-state index contributed by atoms with van der Waals surface area (Å²) in [5, 5.41) is 12.4. The molecule has 3 aliphatic rings. The fraction of sp³-hybridized carbons (Fsp3) is 0.389. The molecule has 4 rings (SSSR count). The number of carbonyl (C=O) groups excluding carboxylic acids is 3. The third-order valence-electron chi connectivity index (χ3n) is 4.86. The number of benzene rings is 1. The second kappa shape index (κ2) is 7.17.